The second-order valence-corrected chi connectivity index (χ2v) is 7.17. The number of amides is 3. The summed E-state index contributed by atoms with van der Waals surface area (Å²) in [6.45, 7) is 1.79. The van der Waals surface area contributed by atoms with Gasteiger partial charge in [0, 0.05) is 0 Å². The van der Waals surface area contributed by atoms with E-state index in [9.17, 15) is 14.4 Å². The molecule has 1 aliphatic rings. The Morgan fingerprint density at radius 3 is 2.55 bits per heavy atom. The minimum absolute atomic E-state index is 0.0653. The quantitative estimate of drug-likeness (QED) is 0.547. The summed E-state index contributed by atoms with van der Waals surface area (Å²) in [4.78, 5) is 38.9. The van der Waals surface area contributed by atoms with Crippen molar-refractivity contribution in [2.75, 3.05) is 7.11 Å². The second-order valence-electron chi connectivity index (χ2n) is 7.17. The van der Waals surface area contributed by atoms with E-state index in [1.807, 2.05) is 42.5 Å². The molecule has 0 aromatic heterocycles. The van der Waals surface area contributed by atoms with Gasteiger partial charge in [-0.2, -0.15) is 0 Å². The number of methoxy groups -OCH3 is 1. The van der Waals surface area contributed by atoms with Gasteiger partial charge >= 0.3 is 12.0 Å². The summed E-state index contributed by atoms with van der Waals surface area (Å²) < 4.78 is 4.74. The van der Waals surface area contributed by atoms with Crippen LogP contribution in [0.4, 0.5) is 4.79 Å². The van der Waals surface area contributed by atoms with E-state index in [1.165, 1.54) is 12.0 Å². The van der Waals surface area contributed by atoms with E-state index >= 15 is 0 Å². The van der Waals surface area contributed by atoms with Gasteiger partial charge in [0.1, 0.15) is 5.54 Å². The highest BCUT2D eigenvalue weighted by Gasteiger charge is 2.49. The molecule has 6 heteroatoms. The summed E-state index contributed by atoms with van der Waals surface area (Å²) in [6, 6.07) is 19.7. The van der Waals surface area contributed by atoms with Gasteiger partial charge in [0.05, 0.1) is 19.2 Å². The van der Waals surface area contributed by atoms with Crippen molar-refractivity contribution in [1.82, 2.24) is 10.2 Å². The zero-order valence-corrected chi connectivity index (χ0v) is 16.1. The van der Waals surface area contributed by atoms with Crippen molar-refractivity contribution in [1.29, 1.82) is 0 Å². The van der Waals surface area contributed by atoms with Crippen LogP contribution >= 0.6 is 0 Å². The van der Waals surface area contributed by atoms with Crippen molar-refractivity contribution in [3.63, 3.8) is 0 Å². The van der Waals surface area contributed by atoms with E-state index in [-0.39, 0.29) is 12.5 Å². The average molecular weight is 388 g/mol. The van der Waals surface area contributed by atoms with Gasteiger partial charge < -0.3 is 10.1 Å². The van der Waals surface area contributed by atoms with Crippen molar-refractivity contribution < 1.29 is 19.1 Å². The molecular formula is C23H20N2O4. The highest BCUT2D eigenvalue weighted by Crippen LogP contribution is 2.34. The van der Waals surface area contributed by atoms with Gasteiger partial charge in [-0.3, -0.25) is 9.69 Å². The Balaban J connectivity index is 1.68. The van der Waals surface area contributed by atoms with Crippen LogP contribution in [-0.2, 0) is 21.6 Å². The predicted molar refractivity (Wildman–Crippen MR) is 108 cm³/mol. The van der Waals surface area contributed by atoms with Gasteiger partial charge in [-0.1, -0.05) is 54.6 Å². The minimum Gasteiger partial charge on any atom is -0.465 e. The molecule has 0 radical (unpaired) electrons. The first-order valence-corrected chi connectivity index (χ1v) is 9.23. The van der Waals surface area contributed by atoms with Crippen LogP contribution in [0.3, 0.4) is 0 Å². The summed E-state index contributed by atoms with van der Waals surface area (Å²) in [5, 5.41) is 4.77. The fourth-order valence-corrected chi connectivity index (χ4v) is 3.78. The van der Waals surface area contributed by atoms with Gasteiger partial charge in [-0.15, -0.1) is 0 Å². The second kappa shape index (κ2) is 7.05. The molecule has 0 unspecified atom stereocenters. The highest BCUT2D eigenvalue weighted by atomic mass is 16.5. The molecule has 3 aromatic rings. The molecule has 0 bridgehead atoms. The van der Waals surface area contributed by atoms with Crippen LogP contribution in [-0.4, -0.2) is 29.9 Å². The van der Waals surface area contributed by atoms with E-state index in [2.05, 4.69) is 5.32 Å². The zero-order chi connectivity index (χ0) is 20.6. The fourth-order valence-electron chi connectivity index (χ4n) is 3.78. The van der Waals surface area contributed by atoms with Gasteiger partial charge in [0.25, 0.3) is 5.91 Å². The molecule has 0 spiro atoms. The maximum atomic E-state index is 13.3. The maximum Gasteiger partial charge on any atom is 0.337 e. The Hall–Kier alpha value is -3.67. The fraction of sp³-hybridized carbons (Fsp3) is 0.174. The van der Waals surface area contributed by atoms with E-state index in [0.717, 1.165) is 16.3 Å². The standard InChI is InChI=1S/C23H20N2O4/c1-23(19-12-6-9-16-8-3-4-11-18(16)19)21(27)25(22(28)24-23)14-15-7-5-10-17(13-15)20(26)29-2/h3-13H,14H2,1-2H3,(H,24,28)/t23-/m0/s1. The first kappa shape index (κ1) is 18.7. The molecule has 1 aliphatic heterocycles. The molecule has 4 rings (SSSR count). The van der Waals surface area contributed by atoms with Gasteiger partial charge in [-0.25, -0.2) is 9.59 Å². The van der Waals surface area contributed by atoms with Crippen LogP contribution in [0.2, 0.25) is 0 Å². The molecule has 3 amide bonds. The normalized spacial score (nSPS) is 18.8. The van der Waals surface area contributed by atoms with E-state index in [0.29, 0.717) is 11.1 Å². The van der Waals surface area contributed by atoms with Crippen LogP contribution in [0, 0.1) is 0 Å². The third kappa shape index (κ3) is 3.12. The number of hydrogen-bond donors (Lipinski definition) is 1. The molecule has 6 nitrogen and oxygen atoms in total. The third-order valence-corrected chi connectivity index (χ3v) is 5.29. The van der Waals surface area contributed by atoms with E-state index in [1.54, 1.807) is 31.2 Å². The minimum atomic E-state index is -1.17. The Morgan fingerprint density at radius 2 is 1.76 bits per heavy atom. The van der Waals surface area contributed by atoms with Crippen molar-refractivity contribution in [3.8, 4) is 0 Å². The molecule has 0 saturated carbocycles. The molecule has 146 valence electrons. The van der Waals surface area contributed by atoms with Crippen LogP contribution in [0.5, 0.6) is 0 Å². The first-order valence-electron chi connectivity index (χ1n) is 9.23. The molecule has 1 saturated heterocycles. The number of benzene rings is 3. The highest BCUT2D eigenvalue weighted by molar-refractivity contribution is 6.09. The number of esters is 1. The molecular weight excluding hydrogens is 368 g/mol. The van der Waals surface area contributed by atoms with Crippen molar-refractivity contribution >= 4 is 28.7 Å². The topological polar surface area (TPSA) is 75.7 Å². The smallest absolute Gasteiger partial charge is 0.337 e. The Kier molecular flexibility index (Phi) is 4.54. The van der Waals surface area contributed by atoms with Crippen LogP contribution < -0.4 is 5.32 Å². The summed E-state index contributed by atoms with van der Waals surface area (Å²) in [5.41, 5.74) is 0.616. The summed E-state index contributed by atoms with van der Waals surface area (Å²) in [6.07, 6.45) is 0. The molecule has 1 atom stereocenters. The van der Waals surface area contributed by atoms with Crippen LogP contribution in [0.25, 0.3) is 10.8 Å². The summed E-state index contributed by atoms with van der Waals surface area (Å²) >= 11 is 0. The largest absolute Gasteiger partial charge is 0.465 e. The number of imide groups is 1. The molecule has 1 N–H and O–H groups in total. The number of nitrogens with zero attached hydrogens (tertiary/aromatic N) is 1. The number of urea groups is 1. The maximum absolute atomic E-state index is 13.3. The summed E-state index contributed by atoms with van der Waals surface area (Å²) in [7, 11) is 1.31. The lowest BCUT2D eigenvalue weighted by Crippen LogP contribution is -2.41. The number of carbonyl (C=O) groups is 3. The molecule has 1 heterocycles. The summed E-state index contributed by atoms with van der Waals surface area (Å²) in [5.74, 6) is -0.799. The monoisotopic (exact) mass is 388 g/mol. The first-order chi connectivity index (χ1) is 13.9. The number of ether oxygens (including phenoxy) is 1. The molecule has 1 fully saturated rings. The van der Waals surface area contributed by atoms with Crippen molar-refractivity contribution in [2.45, 2.75) is 19.0 Å². The lowest BCUT2D eigenvalue weighted by molar-refractivity contribution is -0.131. The van der Waals surface area contributed by atoms with Gasteiger partial charge in [-0.05, 0) is 41.0 Å². The lowest BCUT2D eigenvalue weighted by Gasteiger charge is -2.24. The van der Waals surface area contributed by atoms with Crippen LogP contribution in [0.15, 0.2) is 66.7 Å². The van der Waals surface area contributed by atoms with Crippen molar-refractivity contribution in [2.24, 2.45) is 0 Å². The molecule has 0 aliphatic carbocycles. The number of nitrogens with one attached hydrogen (secondary N) is 1. The van der Waals surface area contributed by atoms with Crippen molar-refractivity contribution in [3.05, 3.63) is 83.4 Å². The number of carbonyl (C=O) groups excluding carboxylic acids is 3. The SMILES string of the molecule is COC(=O)c1cccc(CN2C(=O)N[C@@](C)(c3cccc4ccccc34)C2=O)c1. The van der Waals surface area contributed by atoms with Crippen LogP contribution in [0.1, 0.15) is 28.4 Å². The average Bonchev–Trinajstić information content (AvgIpc) is 2.96. The number of fused-ring (bicyclic) bond motifs is 1. The van der Waals surface area contributed by atoms with E-state index in [4.69, 9.17) is 4.74 Å². The zero-order valence-electron chi connectivity index (χ0n) is 16.1. The Morgan fingerprint density at radius 1 is 1.03 bits per heavy atom. The van der Waals surface area contributed by atoms with Gasteiger partial charge in [0.2, 0.25) is 0 Å². The molecule has 3 aromatic carbocycles. The lowest BCUT2D eigenvalue weighted by atomic mass is 9.88. The van der Waals surface area contributed by atoms with E-state index < -0.39 is 17.5 Å². The molecule has 29 heavy (non-hydrogen) atoms. The number of rotatable bonds is 4. The third-order valence-electron chi connectivity index (χ3n) is 5.29. The Bertz CT molecular complexity index is 1140. The number of hydrogen-bond acceptors (Lipinski definition) is 4. The Labute approximate surface area is 168 Å². The predicted octanol–water partition coefficient (Wildman–Crippen LogP) is 3.59. The van der Waals surface area contributed by atoms with Gasteiger partial charge in [0.15, 0.2) is 0 Å².